The SMILES string of the molecule is CC(C)(C)OC(=O)N1C=CCC1(c1ccc2c(c1)C(C)(C)C(=O)N2)[N+](=O)[O-]. The number of hydrogen-bond donors (Lipinski definition) is 1. The van der Waals surface area contributed by atoms with Crippen LogP contribution in [0.5, 0.6) is 0 Å². The van der Waals surface area contributed by atoms with E-state index in [9.17, 15) is 19.7 Å². The van der Waals surface area contributed by atoms with Crippen molar-refractivity contribution in [3.8, 4) is 0 Å². The highest BCUT2D eigenvalue weighted by Crippen LogP contribution is 2.44. The van der Waals surface area contributed by atoms with Crippen molar-refractivity contribution in [3.63, 3.8) is 0 Å². The lowest BCUT2D eigenvalue weighted by Crippen LogP contribution is -2.50. The van der Waals surface area contributed by atoms with Crippen molar-refractivity contribution in [1.29, 1.82) is 0 Å². The highest BCUT2D eigenvalue weighted by molar-refractivity contribution is 6.05. The van der Waals surface area contributed by atoms with Crippen LogP contribution in [0.1, 0.15) is 52.2 Å². The van der Waals surface area contributed by atoms with Gasteiger partial charge in [-0.1, -0.05) is 6.08 Å². The smallest absolute Gasteiger partial charge is 0.420 e. The van der Waals surface area contributed by atoms with Crippen LogP contribution in [-0.4, -0.2) is 27.4 Å². The lowest BCUT2D eigenvalue weighted by atomic mass is 9.83. The molecule has 2 heterocycles. The van der Waals surface area contributed by atoms with Gasteiger partial charge in [-0.25, -0.2) is 9.69 Å². The summed E-state index contributed by atoms with van der Waals surface area (Å²) < 4.78 is 5.36. The largest absolute Gasteiger partial charge is 0.443 e. The average molecular weight is 373 g/mol. The van der Waals surface area contributed by atoms with E-state index in [2.05, 4.69) is 5.32 Å². The first kappa shape index (κ1) is 18.9. The number of anilines is 1. The standard InChI is InChI=1S/C19H23N3O5/c1-17(2,3)27-16(24)21-10-6-9-19(21,22(25)26)12-7-8-14-13(11-12)18(4,5)15(23)20-14/h6-8,10-11H,9H2,1-5H3,(H,20,23). The summed E-state index contributed by atoms with van der Waals surface area (Å²) in [4.78, 5) is 37.5. The van der Waals surface area contributed by atoms with E-state index in [0.717, 1.165) is 4.90 Å². The van der Waals surface area contributed by atoms with E-state index < -0.39 is 27.7 Å². The van der Waals surface area contributed by atoms with E-state index in [-0.39, 0.29) is 12.3 Å². The fourth-order valence-electron chi connectivity index (χ4n) is 3.41. The normalized spacial score (nSPS) is 23.1. The quantitative estimate of drug-likeness (QED) is 0.631. The van der Waals surface area contributed by atoms with Crippen LogP contribution in [0.4, 0.5) is 10.5 Å². The Morgan fingerprint density at radius 1 is 1.33 bits per heavy atom. The molecule has 144 valence electrons. The molecule has 27 heavy (non-hydrogen) atoms. The van der Waals surface area contributed by atoms with Gasteiger partial charge in [-0.15, -0.1) is 0 Å². The van der Waals surface area contributed by atoms with Crippen LogP contribution in [-0.2, 0) is 20.6 Å². The molecule has 0 aromatic heterocycles. The van der Waals surface area contributed by atoms with Crippen LogP contribution in [0.3, 0.4) is 0 Å². The highest BCUT2D eigenvalue weighted by Gasteiger charge is 2.56. The monoisotopic (exact) mass is 373 g/mol. The Labute approximate surface area is 157 Å². The molecular weight excluding hydrogens is 350 g/mol. The summed E-state index contributed by atoms with van der Waals surface area (Å²) in [5.41, 5.74) is -1.78. The van der Waals surface area contributed by atoms with E-state index in [1.807, 2.05) is 0 Å². The van der Waals surface area contributed by atoms with Crippen molar-refractivity contribution in [3.05, 3.63) is 51.7 Å². The van der Waals surface area contributed by atoms with Crippen LogP contribution >= 0.6 is 0 Å². The number of nitro groups is 1. The third kappa shape index (κ3) is 2.85. The Morgan fingerprint density at radius 2 is 2.00 bits per heavy atom. The summed E-state index contributed by atoms with van der Waals surface area (Å²) in [7, 11) is 0. The molecule has 0 aliphatic carbocycles. The molecule has 1 aromatic rings. The van der Waals surface area contributed by atoms with Crippen molar-refractivity contribution >= 4 is 17.7 Å². The predicted molar refractivity (Wildman–Crippen MR) is 98.6 cm³/mol. The molecule has 0 saturated heterocycles. The first-order valence-electron chi connectivity index (χ1n) is 8.69. The van der Waals surface area contributed by atoms with Gasteiger partial charge in [0.05, 0.1) is 22.3 Å². The molecule has 8 heteroatoms. The van der Waals surface area contributed by atoms with E-state index in [0.29, 0.717) is 16.8 Å². The zero-order chi connectivity index (χ0) is 20.2. The van der Waals surface area contributed by atoms with E-state index in [4.69, 9.17) is 4.74 Å². The van der Waals surface area contributed by atoms with Crippen molar-refractivity contribution in [1.82, 2.24) is 4.90 Å². The van der Waals surface area contributed by atoms with Crippen molar-refractivity contribution in [2.24, 2.45) is 0 Å². The van der Waals surface area contributed by atoms with E-state index in [1.165, 1.54) is 6.20 Å². The first-order chi connectivity index (χ1) is 12.4. The second-order valence-corrected chi connectivity index (χ2v) is 8.35. The number of carbonyl (C=O) groups excluding carboxylic acids is 2. The number of nitrogens with zero attached hydrogens (tertiary/aromatic N) is 2. The van der Waals surface area contributed by atoms with Gasteiger partial charge < -0.3 is 10.1 Å². The number of hydrogen-bond acceptors (Lipinski definition) is 5. The number of fused-ring (bicyclic) bond motifs is 1. The van der Waals surface area contributed by atoms with E-state index in [1.54, 1.807) is 58.9 Å². The molecule has 1 atom stereocenters. The Hall–Kier alpha value is -2.90. The van der Waals surface area contributed by atoms with Gasteiger partial charge in [-0.3, -0.25) is 14.9 Å². The Balaban J connectivity index is 2.09. The molecule has 2 amide bonds. The van der Waals surface area contributed by atoms with Gasteiger partial charge >= 0.3 is 11.8 Å². The molecule has 0 spiro atoms. The molecule has 0 saturated carbocycles. The summed E-state index contributed by atoms with van der Waals surface area (Å²) in [6.45, 7) is 8.62. The molecule has 0 bridgehead atoms. The minimum atomic E-state index is -1.81. The maximum Gasteiger partial charge on any atom is 0.420 e. The van der Waals surface area contributed by atoms with Gasteiger partial charge in [0.2, 0.25) is 5.91 Å². The third-order valence-corrected chi connectivity index (χ3v) is 4.92. The molecule has 2 aliphatic heterocycles. The number of ether oxygens (including phenoxy) is 1. The molecule has 0 fully saturated rings. The van der Waals surface area contributed by atoms with Gasteiger partial charge in [0.25, 0.3) is 0 Å². The molecule has 1 unspecified atom stereocenters. The predicted octanol–water partition coefficient (Wildman–Crippen LogP) is 3.50. The summed E-state index contributed by atoms with van der Waals surface area (Å²) in [6, 6.07) is 4.86. The van der Waals surface area contributed by atoms with Gasteiger partial charge in [0.1, 0.15) is 5.60 Å². The Kier molecular flexibility index (Phi) is 4.06. The second kappa shape index (κ2) is 5.80. The fourth-order valence-corrected chi connectivity index (χ4v) is 3.41. The second-order valence-electron chi connectivity index (χ2n) is 8.35. The minimum absolute atomic E-state index is 0.0137. The number of benzene rings is 1. The summed E-state index contributed by atoms with van der Waals surface area (Å²) >= 11 is 0. The van der Waals surface area contributed by atoms with Gasteiger partial charge in [0, 0.05) is 11.9 Å². The zero-order valence-electron chi connectivity index (χ0n) is 16.0. The highest BCUT2D eigenvalue weighted by atomic mass is 16.6. The van der Waals surface area contributed by atoms with Crippen molar-refractivity contribution in [2.75, 3.05) is 5.32 Å². The summed E-state index contributed by atoms with van der Waals surface area (Å²) in [5, 5.41) is 14.9. The van der Waals surface area contributed by atoms with Crippen LogP contribution in [0.25, 0.3) is 0 Å². The number of carbonyl (C=O) groups is 2. The lowest BCUT2D eigenvalue weighted by molar-refractivity contribution is -0.601. The van der Waals surface area contributed by atoms with Crippen molar-refractivity contribution < 1.29 is 19.2 Å². The number of rotatable bonds is 2. The van der Waals surface area contributed by atoms with Crippen LogP contribution in [0.2, 0.25) is 0 Å². The topological polar surface area (TPSA) is 102 Å². The van der Waals surface area contributed by atoms with Gasteiger partial charge in [-0.2, -0.15) is 0 Å². The van der Waals surface area contributed by atoms with Crippen molar-refractivity contribution in [2.45, 2.75) is 57.7 Å². The van der Waals surface area contributed by atoms with Gasteiger partial charge in [0.15, 0.2) is 0 Å². The molecule has 2 aliphatic rings. The third-order valence-electron chi connectivity index (χ3n) is 4.92. The maximum absolute atomic E-state index is 12.6. The fraction of sp³-hybridized carbons (Fsp3) is 0.474. The zero-order valence-corrected chi connectivity index (χ0v) is 16.0. The Morgan fingerprint density at radius 3 is 2.59 bits per heavy atom. The molecule has 0 radical (unpaired) electrons. The minimum Gasteiger partial charge on any atom is -0.443 e. The summed E-state index contributed by atoms with van der Waals surface area (Å²) in [6.07, 6.45) is 2.19. The van der Waals surface area contributed by atoms with Crippen LogP contribution < -0.4 is 5.32 Å². The first-order valence-corrected chi connectivity index (χ1v) is 8.69. The van der Waals surface area contributed by atoms with Gasteiger partial charge in [-0.05, 0) is 58.4 Å². The molecule has 8 nitrogen and oxygen atoms in total. The average Bonchev–Trinajstić information content (AvgIpc) is 3.07. The van der Waals surface area contributed by atoms with E-state index >= 15 is 0 Å². The van der Waals surface area contributed by atoms with Crippen LogP contribution in [0.15, 0.2) is 30.5 Å². The maximum atomic E-state index is 12.6. The molecule has 3 rings (SSSR count). The summed E-state index contributed by atoms with van der Waals surface area (Å²) in [5.74, 6) is -0.168. The van der Waals surface area contributed by atoms with Crippen LogP contribution in [0, 0.1) is 10.1 Å². The number of amides is 2. The molecular formula is C19H23N3O5. The number of nitrogens with one attached hydrogen (secondary N) is 1. The molecule has 1 N–H and O–H groups in total. The Bertz CT molecular complexity index is 869. The lowest BCUT2D eigenvalue weighted by Gasteiger charge is -2.32. The molecule has 1 aromatic carbocycles.